The molecule has 6 nitrogen and oxygen atoms in total. The number of para-hydroxylation sites is 1. The largest absolute Gasteiger partial charge is 0.341 e. The van der Waals surface area contributed by atoms with Gasteiger partial charge in [0, 0.05) is 25.6 Å². The van der Waals surface area contributed by atoms with E-state index in [4.69, 9.17) is 4.98 Å². The number of fused-ring (bicyclic) bond motifs is 1. The molecule has 27 heavy (non-hydrogen) atoms. The van der Waals surface area contributed by atoms with Gasteiger partial charge in [-0.2, -0.15) is 0 Å². The summed E-state index contributed by atoms with van der Waals surface area (Å²) in [5, 5.41) is 9.90. The lowest BCUT2D eigenvalue weighted by molar-refractivity contribution is -0.129. The number of allylic oxidation sites excluding steroid dienone is 1. The second kappa shape index (κ2) is 8.22. The summed E-state index contributed by atoms with van der Waals surface area (Å²) in [5.41, 5.74) is 1.05. The molecule has 1 saturated heterocycles. The van der Waals surface area contributed by atoms with Crippen LogP contribution in [0.25, 0.3) is 10.2 Å². The van der Waals surface area contributed by atoms with Crippen LogP contribution in [-0.2, 0) is 11.3 Å². The van der Waals surface area contributed by atoms with Gasteiger partial charge in [0.15, 0.2) is 5.16 Å². The van der Waals surface area contributed by atoms with Crippen molar-refractivity contribution in [3.8, 4) is 0 Å². The van der Waals surface area contributed by atoms with Gasteiger partial charge in [0.1, 0.15) is 6.33 Å². The van der Waals surface area contributed by atoms with E-state index in [0.717, 1.165) is 41.6 Å². The zero-order valence-electron chi connectivity index (χ0n) is 15.0. The smallest absolute Gasteiger partial charge is 0.233 e. The first-order chi connectivity index (χ1) is 13.2. The van der Waals surface area contributed by atoms with E-state index in [2.05, 4.69) is 28.9 Å². The van der Waals surface area contributed by atoms with Crippen molar-refractivity contribution in [2.75, 3.05) is 18.8 Å². The lowest BCUT2D eigenvalue weighted by Gasteiger charge is -2.31. The number of nitrogens with zero attached hydrogens (tertiary/aromatic N) is 5. The normalized spacial score (nSPS) is 17.3. The van der Waals surface area contributed by atoms with E-state index in [1.54, 1.807) is 23.7 Å². The number of carbonyl (C=O) groups is 1. The zero-order valence-corrected chi connectivity index (χ0v) is 16.6. The van der Waals surface area contributed by atoms with Crippen LogP contribution in [0, 0.1) is 0 Å². The van der Waals surface area contributed by atoms with E-state index >= 15 is 0 Å². The number of rotatable bonds is 6. The summed E-state index contributed by atoms with van der Waals surface area (Å²) >= 11 is 3.18. The van der Waals surface area contributed by atoms with Crippen LogP contribution < -0.4 is 0 Å². The number of hydrogen-bond donors (Lipinski definition) is 0. The van der Waals surface area contributed by atoms with Crippen molar-refractivity contribution >= 4 is 39.2 Å². The van der Waals surface area contributed by atoms with Gasteiger partial charge in [-0.15, -0.1) is 28.1 Å². The Morgan fingerprint density at radius 2 is 2.30 bits per heavy atom. The van der Waals surface area contributed by atoms with E-state index in [1.807, 2.05) is 21.6 Å². The van der Waals surface area contributed by atoms with Crippen LogP contribution in [0.4, 0.5) is 0 Å². The third-order valence-corrected chi connectivity index (χ3v) is 6.83. The fourth-order valence-corrected chi connectivity index (χ4v) is 5.23. The third-order valence-electron chi connectivity index (χ3n) is 4.66. The van der Waals surface area contributed by atoms with E-state index in [-0.39, 0.29) is 5.91 Å². The molecule has 1 atom stereocenters. The second-order valence-corrected chi connectivity index (χ2v) is 8.55. The molecule has 0 N–H and O–H groups in total. The van der Waals surface area contributed by atoms with Crippen LogP contribution in [0.3, 0.4) is 0 Å². The lowest BCUT2D eigenvalue weighted by Crippen LogP contribution is -2.40. The van der Waals surface area contributed by atoms with Crippen molar-refractivity contribution in [3.05, 3.63) is 48.3 Å². The summed E-state index contributed by atoms with van der Waals surface area (Å²) in [4.78, 5) is 19.5. The number of carbonyl (C=O) groups excluding carboxylic acids is 1. The molecule has 3 aromatic rings. The molecule has 1 fully saturated rings. The first-order valence-corrected chi connectivity index (χ1v) is 10.8. The van der Waals surface area contributed by atoms with Crippen LogP contribution in [0.1, 0.15) is 23.8 Å². The SMILES string of the molecule is C=CCn1cnnc1SCC(=O)N1CCC[C@H](c2nc3ccccc3s2)C1. The maximum absolute atomic E-state index is 12.7. The third kappa shape index (κ3) is 4.06. The monoisotopic (exact) mass is 399 g/mol. The number of amides is 1. The number of hydrogen-bond acceptors (Lipinski definition) is 6. The number of aromatic nitrogens is 4. The molecule has 0 aliphatic carbocycles. The van der Waals surface area contributed by atoms with Crippen LogP contribution in [0.15, 0.2) is 48.4 Å². The maximum Gasteiger partial charge on any atom is 0.233 e. The Labute approximate surface area is 166 Å². The van der Waals surface area contributed by atoms with E-state index in [0.29, 0.717) is 18.2 Å². The first kappa shape index (κ1) is 18.2. The topological polar surface area (TPSA) is 63.9 Å². The zero-order chi connectivity index (χ0) is 18.6. The molecule has 8 heteroatoms. The van der Waals surface area contributed by atoms with Crippen molar-refractivity contribution in [3.63, 3.8) is 0 Å². The molecule has 0 spiro atoms. The van der Waals surface area contributed by atoms with Gasteiger partial charge in [-0.3, -0.25) is 4.79 Å². The van der Waals surface area contributed by atoms with Gasteiger partial charge in [0.05, 0.1) is 21.0 Å². The van der Waals surface area contributed by atoms with E-state index < -0.39 is 0 Å². The van der Waals surface area contributed by atoms with Gasteiger partial charge in [0.2, 0.25) is 5.91 Å². The van der Waals surface area contributed by atoms with Crippen molar-refractivity contribution in [1.29, 1.82) is 0 Å². The molecule has 0 saturated carbocycles. The molecule has 0 bridgehead atoms. The van der Waals surface area contributed by atoms with Crippen LogP contribution in [-0.4, -0.2) is 49.4 Å². The molecule has 0 unspecified atom stereocenters. The molecule has 1 aliphatic heterocycles. The first-order valence-electron chi connectivity index (χ1n) is 8.99. The van der Waals surface area contributed by atoms with E-state index in [9.17, 15) is 4.79 Å². The summed E-state index contributed by atoms with van der Waals surface area (Å²) in [6, 6.07) is 8.23. The molecule has 1 aromatic carbocycles. The summed E-state index contributed by atoms with van der Waals surface area (Å²) < 4.78 is 3.11. The highest BCUT2D eigenvalue weighted by Crippen LogP contribution is 2.33. The highest BCUT2D eigenvalue weighted by Gasteiger charge is 2.27. The standard InChI is InChI=1S/C19H21N5OS2/c1-2-9-24-13-20-22-19(24)26-12-17(25)23-10-5-6-14(11-23)18-21-15-7-3-4-8-16(15)27-18/h2-4,7-8,13-14H,1,5-6,9-12H2/t14-/m0/s1. The van der Waals surface area contributed by atoms with Crippen molar-refractivity contribution in [1.82, 2.24) is 24.6 Å². The van der Waals surface area contributed by atoms with Crippen molar-refractivity contribution in [2.45, 2.75) is 30.5 Å². The lowest BCUT2D eigenvalue weighted by atomic mass is 9.99. The Kier molecular flexibility index (Phi) is 5.54. The van der Waals surface area contributed by atoms with Gasteiger partial charge >= 0.3 is 0 Å². The Morgan fingerprint density at radius 1 is 1.41 bits per heavy atom. The highest BCUT2D eigenvalue weighted by atomic mass is 32.2. The number of likely N-dealkylation sites (tertiary alicyclic amines) is 1. The maximum atomic E-state index is 12.7. The van der Waals surface area contributed by atoms with Crippen LogP contribution in [0.5, 0.6) is 0 Å². The highest BCUT2D eigenvalue weighted by molar-refractivity contribution is 7.99. The summed E-state index contributed by atoms with van der Waals surface area (Å²) in [5.74, 6) is 0.857. The number of benzene rings is 1. The molecule has 0 radical (unpaired) electrons. The summed E-state index contributed by atoms with van der Waals surface area (Å²) in [6.07, 6.45) is 5.56. The van der Waals surface area contributed by atoms with Gasteiger partial charge in [-0.05, 0) is 25.0 Å². The van der Waals surface area contributed by atoms with E-state index in [1.165, 1.54) is 16.5 Å². The second-order valence-electron chi connectivity index (χ2n) is 6.54. The number of thioether (sulfide) groups is 1. The van der Waals surface area contributed by atoms with Gasteiger partial charge in [0.25, 0.3) is 0 Å². The molecular formula is C19H21N5OS2. The summed E-state index contributed by atoms with van der Waals surface area (Å²) in [7, 11) is 0. The average Bonchev–Trinajstić information content (AvgIpc) is 3.33. The molecule has 2 aromatic heterocycles. The van der Waals surface area contributed by atoms with Crippen LogP contribution >= 0.6 is 23.1 Å². The average molecular weight is 400 g/mol. The predicted octanol–water partition coefficient (Wildman–Crippen LogP) is 3.57. The molecule has 3 heterocycles. The molecule has 1 aliphatic rings. The Morgan fingerprint density at radius 3 is 3.15 bits per heavy atom. The molecule has 140 valence electrons. The number of thiazole rings is 1. The number of piperidine rings is 1. The molecular weight excluding hydrogens is 378 g/mol. The molecule has 1 amide bonds. The quantitative estimate of drug-likeness (QED) is 0.468. The fraction of sp³-hybridized carbons (Fsp3) is 0.368. The molecule has 4 rings (SSSR count). The van der Waals surface area contributed by atoms with Gasteiger partial charge in [-0.1, -0.05) is 30.0 Å². The van der Waals surface area contributed by atoms with Gasteiger partial charge in [-0.25, -0.2) is 4.98 Å². The van der Waals surface area contributed by atoms with Crippen LogP contribution in [0.2, 0.25) is 0 Å². The Bertz CT molecular complexity index is 917. The van der Waals surface area contributed by atoms with Gasteiger partial charge < -0.3 is 9.47 Å². The Hall–Kier alpha value is -2.19. The predicted molar refractivity (Wildman–Crippen MR) is 109 cm³/mol. The minimum Gasteiger partial charge on any atom is -0.341 e. The Balaban J connectivity index is 1.39. The summed E-state index contributed by atoms with van der Waals surface area (Å²) in [6.45, 7) is 5.95. The minimum absolute atomic E-state index is 0.152. The van der Waals surface area contributed by atoms with Crippen molar-refractivity contribution in [2.24, 2.45) is 0 Å². The fourth-order valence-electron chi connectivity index (χ4n) is 3.31. The van der Waals surface area contributed by atoms with Crippen molar-refractivity contribution < 1.29 is 4.79 Å². The minimum atomic E-state index is 0.152.